The largest absolute Gasteiger partial charge is 0.494 e. The number of rotatable bonds is 6. The van der Waals surface area contributed by atoms with Gasteiger partial charge in [0.1, 0.15) is 5.75 Å². The molecule has 0 aliphatic carbocycles. The number of nitrogens with one attached hydrogen (secondary N) is 1. The highest BCUT2D eigenvalue weighted by Crippen LogP contribution is 2.32. The quantitative estimate of drug-likeness (QED) is 0.832. The summed E-state index contributed by atoms with van der Waals surface area (Å²) in [6, 6.07) is 6.07. The van der Waals surface area contributed by atoms with E-state index in [-0.39, 0.29) is 5.54 Å². The Bertz CT molecular complexity index is 546. The fourth-order valence-corrected chi connectivity index (χ4v) is 2.94. The lowest BCUT2D eigenvalue weighted by Crippen LogP contribution is -2.32. The maximum absolute atomic E-state index is 5.52. The molecule has 0 aliphatic heterocycles. The van der Waals surface area contributed by atoms with Gasteiger partial charge in [-0.05, 0) is 44.9 Å². The molecule has 0 saturated carbocycles. The number of benzene rings is 1. The topological polar surface area (TPSA) is 34.1 Å². The van der Waals surface area contributed by atoms with E-state index in [1.54, 1.807) is 11.3 Å². The molecular formula is C15H22N2OS. The van der Waals surface area contributed by atoms with Crippen LogP contribution in [0.1, 0.15) is 40.5 Å². The predicted molar refractivity (Wildman–Crippen MR) is 83.4 cm³/mol. The first kappa shape index (κ1) is 14.1. The van der Waals surface area contributed by atoms with Crippen LogP contribution in [0.4, 0.5) is 5.13 Å². The van der Waals surface area contributed by atoms with Gasteiger partial charge in [0.25, 0.3) is 0 Å². The van der Waals surface area contributed by atoms with Crippen molar-refractivity contribution in [2.75, 3.05) is 11.9 Å². The highest BCUT2D eigenvalue weighted by atomic mass is 32.1. The van der Waals surface area contributed by atoms with Crippen LogP contribution >= 0.6 is 11.3 Å². The van der Waals surface area contributed by atoms with Crippen LogP contribution in [0, 0.1) is 0 Å². The van der Waals surface area contributed by atoms with Crippen molar-refractivity contribution in [3.05, 3.63) is 18.2 Å². The lowest BCUT2D eigenvalue weighted by atomic mass is 9.96. The van der Waals surface area contributed by atoms with Crippen molar-refractivity contribution >= 4 is 26.7 Å². The van der Waals surface area contributed by atoms with Gasteiger partial charge in [0.15, 0.2) is 5.13 Å². The summed E-state index contributed by atoms with van der Waals surface area (Å²) in [4.78, 5) is 4.65. The van der Waals surface area contributed by atoms with Gasteiger partial charge < -0.3 is 10.1 Å². The standard InChI is InChI=1S/C15H22N2OS/c1-5-15(4,6-2)17-14-16-12-9-8-11(18-7-3)10-13(12)19-14/h8-10H,5-7H2,1-4H3,(H,16,17). The Morgan fingerprint density at radius 2 is 2.00 bits per heavy atom. The Morgan fingerprint density at radius 1 is 1.26 bits per heavy atom. The summed E-state index contributed by atoms with van der Waals surface area (Å²) in [5.74, 6) is 0.916. The molecule has 0 fully saturated rings. The molecule has 0 spiro atoms. The van der Waals surface area contributed by atoms with E-state index in [4.69, 9.17) is 4.74 Å². The maximum atomic E-state index is 5.52. The molecule has 0 aliphatic rings. The van der Waals surface area contributed by atoms with Crippen LogP contribution in [0.5, 0.6) is 5.75 Å². The second kappa shape index (κ2) is 5.78. The molecule has 1 heterocycles. The molecule has 104 valence electrons. The third kappa shape index (κ3) is 3.18. The molecule has 4 heteroatoms. The fraction of sp³-hybridized carbons (Fsp3) is 0.533. The molecule has 1 aromatic heterocycles. The SMILES string of the molecule is CCOc1ccc2nc(NC(C)(CC)CC)sc2c1. The third-order valence-electron chi connectivity index (χ3n) is 3.64. The molecule has 2 rings (SSSR count). The second-order valence-electron chi connectivity index (χ2n) is 4.97. The number of ether oxygens (including phenoxy) is 1. The van der Waals surface area contributed by atoms with E-state index < -0.39 is 0 Å². The van der Waals surface area contributed by atoms with Gasteiger partial charge in [0.2, 0.25) is 0 Å². The summed E-state index contributed by atoms with van der Waals surface area (Å²) < 4.78 is 6.69. The predicted octanol–water partition coefficient (Wildman–Crippen LogP) is 4.69. The number of hydrogen-bond donors (Lipinski definition) is 1. The van der Waals surface area contributed by atoms with Crippen molar-refractivity contribution in [3.63, 3.8) is 0 Å². The lowest BCUT2D eigenvalue weighted by Gasteiger charge is -2.27. The van der Waals surface area contributed by atoms with Crippen LogP contribution in [0.25, 0.3) is 10.2 Å². The van der Waals surface area contributed by atoms with Crippen LogP contribution in [-0.2, 0) is 0 Å². The third-order valence-corrected chi connectivity index (χ3v) is 4.57. The van der Waals surface area contributed by atoms with Crippen molar-refractivity contribution in [3.8, 4) is 5.75 Å². The first-order valence-corrected chi connectivity index (χ1v) is 7.73. The van der Waals surface area contributed by atoms with Gasteiger partial charge in [0.05, 0.1) is 16.8 Å². The molecule has 3 nitrogen and oxygen atoms in total. The summed E-state index contributed by atoms with van der Waals surface area (Å²) in [7, 11) is 0. The van der Waals surface area contributed by atoms with Crippen LogP contribution in [0.15, 0.2) is 18.2 Å². The van der Waals surface area contributed by atoms with Gasteiger partial charge in [-0.1, -0.05) is 25.2 Å². The zero-order valence-corrected chi connectivity index (χ0v) is 12.9. The lowest BCUT2D eigenvalue weighted by molar-refractivity contribution is 0.341. The Morgan fingerprint density at radius 3 is 2.63 bits per heavy atom. The Labute approximate surface area is 119 Å². The van der Waals surface area contributed by atoms with Crippen LogP contribution in [-0.4, -0.2) is 17.1 Å². The van der Waals surface area contributed by atoms with Gasteiger partial charge in [0, 0.05) is 5.54 Å². The smallest absolute Gasteiger partial charge is 0.184 e. The Hall–Kier alpha value is -1.29. The van der Waals surface area contributed by atoms with Crippen molar-refractivity contribution < 1.29 is 4.74 Å². The average molecular weight is 278 g/mol. The molecule has 1 N–H and O–H groups in total. The number of hydrogen-bond acceptors (Lipinski definition) is 4. The van der Waals surface area contributed by atoms with Gasteiger partial charge in [-0.3, -0.25) is 0 Å². The van der Waals surface area contributed by atoms with Gasteiger partial charge in [-0.25, -0.2) is 4.98 Å². The molecule has 1 aromatic carbocycles. The number of anilines is 1. The molecule has 0 amide bonds. The summed E-state index contributed by atoms with van der Waals surface area (Å²) in [5.41, 5.74) is 1.15. The fourth-order valence-electron chi connectivity index (χ4n) is 1.90. The second-order valence-corrected chi connectivity index (χ2v) is 6.00. The summed E-state index contributed by atoms with van der Waals surface area (Å²) in [6.07, 6.45) is 2.17. The minimum absolute atomic E-state index is 0.122. The molecule has 0 radical (unpaired) electrons. The summed E-state index contributed by atoms with van der Waals surface area (Å²) >= 11 is 1.69. The molecule has 0 saturated heterocycles. The van der Waals surface area contributed by atoms with E-state index >= 15 is 0 Å². The number of nitrogens with zero attached hydrogens (tertiary/aromatic N) is 1. The van der Waals surface area contributed by atoms with Gasteiger partial charge in [-0.2, -0.15) is 0 Å². The minimum atomic E-state index is 0.122. The number of fused-ring (bicyclic) bond motifs is 1. The molecule has 0 unspecified atom stereocenters. The van der Waals surface area contributed by atoms with Crippen molar-refractivity contribution in [1.82, 2.24) is 4.98 Å². The molecule has 0 bridgehead atoms. The van der Waals surface area contributed by atoms with Crippen molar-refractivity contribution in [2.45, 2.75) is 46.1 Å². The average Bonchev–Trinajstić information content (AvgIpc) is 2.80. The Kier molecular flexibility index (Phi) is 4.30. The Balaban J connectivity index is 2.26. The number of thiazole rings is 1. The van der Waals surface area contributed by atoms with E-state index in [1.807, 2.05) is 19.1 Å². The zero-order chi connectivity index (χ0) is 13.9. The normalized spacial score (nSPS) is 11.8. The maximum Gasteiger partial charge on any atom is 0.184 e. The van der Waals surface area contributed by atoms with E-state index in [0.29, 0.717) is 6.61 Å². The highest BCUT2D eigenvalue weighted by Gasteiger charge is 2.20. The zero-order valence-electron chi connectivity index (χ0n) is 12.1. The molecule has 2 aromatic rings. The summed E-state index contributed by atoms with van der Waals surface area (Å²) in [5, 5.41) is 4.56. The van der Waals surface area contributed by atoms with Crippen molar-refractivity contribution in [1.29, 1.82) is 0 Å². The van der Waals surface area contributed by atoms with Gasteiger partial charge >= 0.3 is 0 Å². The minimum Gasteiger partial charge on any atom is -0.494 e. The molecule has 0 atom stereocenters. The van der Waals surface area contributed by atoms with E-state index in [1.165, 1.54) is 4.70 Å². The van der Waals surface area contributed by atoms with Gasteiger partial charge in [-0.15, -0.1) is 0 Å². The van der Waals surface area contributed by atoms with Crippen LogP contribution in [0.2, 0.25) is 0 Å². The monoisotopic (exact) mass is 278 g/mol. The van der Waals surface area contributed by atoms with E-state index in [0.717, 1.165) is 29.2 Å². The van der Waals surface area contributed by atoms with Crippen LogP contribution in [0.3, 0.4) is 0 Å². The van der Waals surface area contributed by atoms with Crippen molar-refractivity contribution in [2.24, 2.45) is 0 Å². The number of aromatic nitrogens is 1. The molecular weight excluding hydrogens is 256 g/mol. The van der Waals surface area contributed by atoms with E-state index in [9.17, 15) is 0 Å². The first-order chi connectivity index (χ1) is 9.10. The van der Waals surface area contributed by atoms with Crippen LogP contribution < -0.4 is 10.1 Å². The highest BCUT2D eigenvalue weighted by molar-refractivity contribution is 7.22. The molecule has 19 heavy (non-hydrogen) atoms. The first-order valence-electron chi connectivity index (χ1n) is 6.91. The van der Waals surface area contributed by atoms with E-state index in [2.05, 4.69) is 37.1 Å². The summed E-state index contributed by atoms with van der Waals surface area (Å²) in [6.45, 7) is 9.34.